The lowest BCUT2D eigenvalue weighted by atomic mass is 10.0. The molecule has 1 aromatic heterocycles. The highest BCUT2D eigenvalue weighted by Crippen LogP contribution is 2.20. The summed E-state index contributed by atoms with van der Waals surface area (Å²) >= 11 is 0. The van der Waals surface area contributed by atoms with Crippen LogP contribution in [-0.2, 0) is 12.8 Å². The second-order valence-electron chi connectivity index (χ2n) is 5.56. The number of rotatable bonds is 6. The van der Waals surface area contributed by atoms with Gasteiger partial charge >= 0.3 is 6.03 Å². The van der Waals surface area contributed by atoms with Crippen molar-refractivity contribution in [3.8, 4) is 0 Å². The van der Waals surface area contributed by atoms with Gasteiger partial charge in [-0.2, -0.15) is 0 Å². The van der Waals surface area contributed by atoms with Gasteiger partial charge in [0.25, 0.3) is 0 Å². The zero-order chi connectivity index (χ0) is 16.8. The molecule has 0 aliphatic carbocycles. The van der Waals surface area contributed by atoms with Crippen LogP contribution < -0.4 is 10.6 Å². The number of hydrogen-bond acceptors (Lipinski definition) is 4. The third-order valence-electron chi connectivity index (χ3n) is 3.73. The first-order valence-electron chi connectivity index (χ1n) is 7.76. The largest absolute Gasteiger partial charge is 0.391 e. The fourth-order valence-electron chi connectivity index (χ4n) is 2.30. The van der Waals surface area contributed by atoms with Crippen LogP contribution in [0.1, 0.15) is 30.9 Å². The molecule has 0 aliphatic heterocycles. The van der Waals surface area contributed by atoms with Crippen LogP contribution in [0.2, 0.25) is 0 Å². The van der Waals surface area contributed by atoms with Crippen molar-refractivity contribution < 1.29 is 14.4 Å². The van der Waals surface area contributed by atoms with Crippen molar-refractivity contribution in [2.24, 2.45) is 0 Å². The Bertz CT molecular complexity index is 640. The summed E-state index contributed by atoms with van der Waals surface area (Å²) in [6.45, 7) is 5.45. The number of urea groups is 1. The second kappa shape index (κ2) is 7.78. The first-order valence-corrected chi connectivity index (χ1v) is 7.76. The van der Waals surface area contributed by atoms with Crippen molar-refractivity contribution in [2.45, 2.75) is 45.8 Å². The Morgan fingerprint density at radius 1 is 1.35 bits per heavy atom. The molecular formula is C17H23N3O3. The van der Waals surface area contributed by atoms with E-state index in [0.29, 0.717) is 30.0 Å². The van der Waals surface area contributed by atoms with Gasteiger partial charge < -0.3 is 20.3 Å². The molecule has 0 saturated heterocycles. The third kappa shape index (κ3) is 4.56. The fourth-order valence-corrected chi connectivity index (χ4v) is 2.30. The van der Waals surface area contributed by atoms with E-state index in [1.807, 2.05) is 37.3 Å². The number of amides is 2. The molecule has 0 saturated carbocycles. The van der Waals surface area contributed by atoms with Crippen LogP contribution in [-0.4, -0.2) is 28.4 Å². The van der Waals surface area contributed by atoms with Crippen LogP contribution in [0.3, 0.4) is 0 Å². The van der Waals surface area contributed by atoms with Crippen molar-refractivity contribution in [1.82, 2.24) is 10.5 Å². The maximum absolute atomic E-state index is 12.1. The van der Waals surface area contributed by atoms with Gasteiger partial charge in [-0.1, -0.05) is 42.4 Å². The molecule has 0 radical (unpaired) electrons. The highest BCUT2D eigenvalue weighted by Gasteiger charge is 2.19. The van der Waals surface area contributed by atoms with Crippen LogP contribution in [0.4, 0.5) is 10.5 Å². The lowest BCUT2D eigenvalue weighted by Crippen LogP contribution is -2.44. The Morgan fingerprint density at radius 3 is 2.70 bits per heavy atom. The van der Waals surface area contributed by atoms with Gasteiger partial charge in [0.15, 0.2) is 5.76 Å². The summed E-state index contributed by atoms with van der Waals surface area (Å²) in [5.41, 5.74) is 2.32. The van der Waals surface area contributed by atoms with Crippen molar-refractivity contribution in [3.63, 3.8) is 0 Å². The molecule has 2 aromatic rings. The van der Waals surface area contributed by atoms with Gasteiger partial charge in [-0.3, -0.25) is 0 Å². The fraction of sp³-hybridized carbons (Fsp3) is 0.412. The monoisotopic (exact) mass is 317 g/mol. The highest BCUT2D eigenvalue weighted by molar-refractivity contribution is 5.90. The number of carbonyl (C=O) groups excluding carboxylic acids is 1. The van der Waals surface area contributed by atoms with E-state index in [-0.39, 0.29) is 12.1 Å². The van der Waals surface area contributed by atoms with Crippen molar-refractivity contribution >= 4 is 11.7 Å². The SMILES string of the molecule is CCc1noc(C)c1NC(=O)NC(C)C(O)Cc1ccccc1. The van der Waals surface area contributed by atoms with E-state index >= 15 is 0 Å². The minimum atomic E-state index is -0.669. The van der Waals surface area contributed by atoms with E-state index in [9.17, 15) is 9.90 Å². The van der Waals surface area contributed by atoms with Crippen molar-refractivity contribution in [3.05, 3.63) is 47.3 Å². The molecule has 124 valence electrons. The third-order valence-corrected chi connectivity index (χ3v) is 3.73. The van der Waals surface area contributed by atoms with Crippen LogP contribution in [0.5, 0.6) is 0 Å². The summed E-state index contributed by atoms with van der Waals surface area (Å²) in [5, 5.41) is 19.6. The lowest BCUT2D eigenvalue weighted by molar-refractivity contribution is 0.137. The number of aromatic nitrogens is 1. The molecule has 0 fully saturated rings. The first-order chi connectivity index (χ1) is 11.0. The summed E-state index contributed by atoms with van der Waals surface area (Å²) < 4.78 is 5.08. The van der Waals surface area contributed by atoms with Gasteiger partial charge in [-0.25, -0.2) is 4.79 Å². The summed E-state index contributed by atoms with van der Waals surface area (Å²) in [7, 11) is 0. The summed E-state index contributed by atoms with van der Waals surface area (Å²) in [6, 6.07) is 8.90. The van der Waals surface area contributed by atoms with E-state index in [4.69, 9.17) is 4.52 Å². The summed E-state index contributed by atoms with van der Waals surface area (Å²) in [6.07, 6.45) is 0.478. The minimum absolute atomic E-state index is 0.384. The molecule has 2 amide bonds. The molecular weight excluding hydrogens is 294 g/mol. The lowest BCUT2D eigenvalue weighted by Gasteiger charge is -2.20. The molecule has 1 aromatic carbocycles. The molecule has 6 heteroatoms. The number of aryl methyl sites for hydroxylation is 2. The van der Waals surface area contributed by atoms with Gasteiger partial charge in [0.2, 0.25) is 0 Å². The number of carbonyl (C=O) groups is 1. The van der Waals surface area contributed by atoms with Crippen LogP contribution in [0.25, 0.3) is 0 Å². The first kappa shape index (κ1) is 17.0. The smallest absolute Gasteiger partial charge is 0.319 e. The van der Waals surface area contributed by atoms with Crippen molar-refractivity contribution in [1.29, 1.82) is 0 Å². The molecule has 2 unspecified atom stereocenters. The molecule has 3 N–H and O–H groups in total. The van der Waals surface area contributed by atoms with Gasteiger partial charge in [-0.15, -0.1) is 0 Å². The molecule has 2 rings (SSSR count). The number of hydrogen-bond donors (Lipinski definition) is 3. The van der Waals surface area contributed by atoms with Crippen LogP contribution >= 0.6 is 0 Å². The Balaban J connectivity index is 1.90. The average molecular weight is 317 g/mol. The Kier molecular flexibility index (Phi) is 5.76. The summed E-state index contributed by atoms with van der Waals surface area (Å²) in [5.74, 6) is 0.564. The second-order valence-corrected chi connectivity index (χ2v) is 5.56. The molecule has 0 spiro atoms. The van der Waals surface area contributed by atoms with E-state index in [0.717, 1.165) is 5.56 Å². The number of aliphatic hydroxyl groups excluding tert-OH is 1. The Morgan fingerprint density at radius 2 is 2.04 bits per heavy atom. The van der Waals surface area contributed by atoms with Crippen LogP contribution in [0, 0.1) is 6.92 Å². The zero-order valence-corrected chi connectivity index (χ0v) is 13.7. The van der Waals surface area contributed by atoms with Gasteiger partial charge in [0.1, 0.15) is 11.4 Å². The topological polar surface area (TPSA) is 87.4 Å². The average Bonchev–Trinajstić information content (AvgIpc) is 2.88. The standard InChI is InChI=1S/C17H23N3O3/c1-4-14-16(12(3)23-20-14)19-17(22)18-11(2)15(21)10-13-8-6-5-7-9-13/h5-9,11,15,21H,4,10H2,1-3H3,(H2,18,19,22). The minimum Gasteiger partial charge on any atom is -0.391 e. The predicted molar refractivity (Wildman–Crippen MR) is 88.4 cm³/mol. The Labute approximate surface area is 135 Å². The quantitative estimate of drug-likeness (QED) is 0.764. The van der Waals surface area contributed by atoms with E-state index < -0.39 is 6.10 Å². The molecule has 2 atom stereocenters. The Hall–Kier alpha value is -2.34. The van der Waals surface area contributed by atoms with Gasteiger partial charge in [0.05, 0.1) is 12.1 Å². The van der Waals surface area contributed by atoms with Gasteiger partial charge in [-0.05, 0) is 25.8 Å². The number of nitrogens with zero attached hydrogens (tertiary/aromatic N) is 1. The van der Waals surface area contributed by atoms with E-state index in [1.54, 1.807) is 13.8 Å². The number of nitrogens with one attached hydrogen (secondary N) is 2. The van der Waals surface area contributed by atoms with Gasteiger partial charge in [0, 0.05) is 6.42 Å². The van der Waals surface area contributed by atoms with E-state index in [2.05, 4.69) is 15.8 Å². The molecule has 1 heterocycles. The number of benzene rings is 1. The molecule has 6 nitrogen and oxygen atoms in total. The predicted octanol–water partition coefficient (Wildman–Crippen LogP) is 2.66. The number of aliphatic hydroxyl groups is 1. The van der Waals surface area contributed by atoms with E-state index in [1.165, 1.54) is 0 Å². The maximum Gasteiger partial charge on any atom is 0.319 e. The molecule has 23 heavy (non-hydrogen) atoms. The maximum atomic E-state index is 12.1. The normalized spacial score (nSPS) is 13.4. The number of anilines is 1. The zero-order valence-electron chi connectivity index (χ0n) is 13.7. The van der Waals surface area contributed by atoms with Crippen molar-refractivity contribution in [2.75, 3.05) is 5.32 Å². The summed E-state index contributed by atoms with van der Waals surface area (Å²) in [4.78, 5) is 12.1. The highest BCUT2D eigenvalue weighted by atomic mass is 16.5. The molecule has 0 aliphatic rings. The van der Waals surface area contributed by atoms with Crippen LogP contribution in [0.15, 0.2) is 34.9 Å². The molecule has 0 bridgehead atoms.